The molecule has 0 radical (unpaired) electrons. The molecule has 1 aliphatic rings. The lowest BCUT2D eigenvalue weighted by Crippen LogP contribution is -2.36. The average Bonchev–Trinajstić information content (AvgIpc) is 2.80. The number of para-hydroxylation sites is 1. The van der Waals surface area contributed by atoms with Crippen LogP contribution in [-0.4, -0.2) is 31.2 Å². The number of hydrogen-bond acceptors (Lipinski definition) is 3. The first kappa shape index (κ1) is 15.4. The second-order valence-corrected chi connectivity index (χ2v) is 6.25. The van der Waals surface area contributed by atoms with Gasteiger partial charge in [0.2, 0.25) is 5.91 Å². The number of carbonyl (C=O) groups excluding carboxylic acids is 2. The zero-order chi connectivity index (χ0) is 15.5. The quantitative estimate of drug-likeness (QED) is 0.927. The van der Waals surface area contributed by atoms with Crippen molar-refractivity contribution in [2.45, 2.75) is 33.3 Å². The summed E-state index contributed by atoms with van der Waals surface area (Å²) in [6.07, 6.45) is 0.114. The van der Waals surface area contributed by atoms with Gasteiger partial charge in [-0.05, 0) is 12.1 Å². The number of rotatable bonds is 4. The highest BCUT2D eigenvalue weighted by atomic mass is 16.6. The lowest BCUT2D eigenvalue weighted by Gasteiger charge is -2.18. The Balaban J connectivity index is 1.82. The number of nitrogens with zero attached hydrogens (tertiary/aromatic N) is 1. The molecule has 5 nitrogen and oxygen atoms in total. The van der Waals surface area contributed by atoms with Crippen molar-refractivity contribution in [3.63, 3.8) is 0 Å². The number of ether oxygens (including phenoxy) is 1. The Morgan fingerprint density at radius 1 is 1.33 bits per heavy atom. The van der Waals surface area contributed by atoms with Crippen LogP contribution in [0.4, 0.5) is 10.5 Å². The summed E-state index contributed by atoms with van der Waals surface area (Å²) in [7, 11) is 0. The van der Waals surface area contributed by atoms with Crippen molar-refractivity contribution < 1.29 is 14.3 Å². The summed E-state index contributed by atoms with van der Waals surface area (Å²) in [4.78, 5) is 25.2. The molecule has 1 saturated heterocycles. The number of hydrogen-bond donors (Lipinski definition) is 1. The van der Waals surface area contributed by atoms with Crippen molar-refractivity contribution in [1.82, 2.24) is 5.32 Å². The fourth-order valence-electron chi connectivity index (χ4n) is 2.10. The van der Waals surface area contributed by atoms with Crippen LogP contribution in [0.5, 0.6) is 0 Å². The van der Waals surface area contributed by atoms with Crippen LogP contribution < -0.4 is 10.2 Å². The number of amides is 2. The summed E-state index contributed by atoms with van der Waals surface area (Å²) in [6, 6.07) is 9.44. The van der Waals surface area contributed by atoms with Crippen molar-refractivity contribution in [3.8, 4) is 0 Å². The van der Waals surface area contributed by atoms with E-state index in [0.717, 1.165) is 5.69 Å². The van der Waals surface area contributed by atoms with Gasteiger partial charge in [-0.1, -0.05) is 39.0 Å². The topological polar surface area (TPSA) is 58.6 Å². The SMILES string of the molecule is CC(C)(C)C(=O)NCCC1CN(c2ccccc2)C(=O)O1. The van der Waals surface area contributed by atoms with Gasteiger partial charge in [0.05, 0.1) is 6.54 Å². The van der Waals surface area contributed by atoms with E-state index in [-0.39, 0.29) is 18.1 Å². The Kier molecular flexibility index (Phi) is 4.50. The molecule has 0 bridgehead atoms. The van der Waals surface area contributed by atoms with Crippen LogP contribution in [0.25, 0.3) is 0 Å². The molecule has 1 unspecified atom stereocenters. The molecule has 0 aliphatic carbocycles. The highest BCUT2D eigenvalue weighted by molar-refractivity contribution is 5.89. The summed E-state index contributed by atoms with van der Waals surface area (Å²) in [5, 5.41) is 2.87. The van der Waals surface area contributed by atoms with Crippen LogP contribution in [0.3, 0.4) is 0 Å². The highest BCUT2D eigenvalue weighted by Gasteiger charge is 2.32. The molecule has 1 heterocycles. The minimum atomic E-state index is -0.400. The van der Waals surface area contributed by atoms with Gasteiger partial charge >= 0.3 is 6.09 Å². The number of carbonyl (C=O) groups is 2. The van der Waals surface area contributed by atoms with Gasteiger partial charge in [-0.3, -0.25) is 9.69 Å². The Labute approximate surface area is 125 Å². The third-order valence-electron chi connectivity index (χ3n) is 3.38. The average molecular weight is 290 g/mol. The van der Waals surface area contributed by atoms with Gasteiger partial charge in [0, 0.05) is 24.1 Å². The number of nitrogens with one attached hydrogen (secondary N) is 1. The second kappa shape index (κ2) is 6.16. The molecule has 1 N–H and O–H groups in total. The van der Waals surface area contributed by atoms with Crippen molar-refractivity contribution >= 4 is 17.7 Å². The largest absolute Gasteiger partial charge is 0.444 e. The third-order valence-corrected chi connectivity index (χ3v) is 3.38. The van der Waals surface area contributed by atoms with Crippen molar-refractivity contribution in [2.75, 3.05) is 18.0 Å². The van der Waals surface area contributed by atoms with Gasteiger partial charge in [0.15, 0.2) is 0 Å². The molecule has 0 spiro atoms. The molecule has 1 fully saturated rings. The third kappa shape index (κ3) is 3.97. The van der Waals surface area contributed by atoms with Crippen LogP contribution in [0, 0.1) is 5.41 Å². The van der Waals surface area contributed by atoms with Gasteiger partial charge in [-0.2, -0.15) is 0 Å². The zero-order valence-electron chi connectivity index (χ0n) is 12.8. The number of benzene rings is 1. The van der Waals surface area contributed by atoms with Gasteiger partial charge in [0.1, 0.15) is 6.10 Å². The van der Waals surface area contributed by atoms with E-state index in [0.29, 0.717) is 19.5 Å². The lowest BCUT2D eigenvalue weighted by molar-refractivity contribution is -0.128. The second-order valence-electron chi connectivity index (χ2n) is 6.25. The molecule has 1 aliphatic heterocycles. The smallest absolute Gasteiger partial charge is 0.414 e. The van der Waals surface area contributed by atoms with E-state index in [1.54, 1.807) is 4.90 Å². The maximum atomic E-state index is 11.9. The molecule has 2 amide bonds. The van der Waals surface area contributed by atoms with Gasteiger partial charge in [-0.25, -0.2) is 4.79 Å². The van der Waals surface area contributed by atoms with Crippen molar-refractivity contribution in [3.05, 3.63) is 30.3 Å². The monoisotopic (exact) mass is 290 g/mol. The molecule has 0 saturated carbocycles. The fraction of sp³-hybridized carbons (Fsp3) is 0.500. The van der Waals surface area contributed by atoms with Gasteiger partial charge < -0.3 is 10.1 Å². The van der Waals surface area contributed by atoms with E-state index in [2.05, 4.69) is 5.32 Å². The Hall–Kier alpha value is -2.04. The van der Waals surface area contributed by atoms with Crippen molar-refractivity contribution in [1.29, 1.82) is 0 Å². The minimum Gasteiger partial charge on any atom is -0.444 e. The van der Waals surface area contributed by atoms with Crippen LogP contribution >= 0.6 is 0 Å². The lowest BCUT2D eigenvalue weighted by atomic mass is 9.96. The molecule has 1 aromatic carbocycles. The number of anilines is 1. The van der Waals surface area contributed by atoms with Crippen LogP contribution in [0.2, 0.25) is 0 Å². The van der Waals surface area contributed by atoms with E-state index >= 15 is 0 Å². The van der Waals surface area contributed by atoms with E-state index < -0.39 is 5.41 Å². The summed E-state index contributed by atoms with van der Waals surface area (Å²) in [6.45, 7) is 6.64. The Morgan fingerprint density at radius 3 is 2.62 bits per heavy atom. The molecule has 2 rings (SSSR count). The van der Waals surface area contributed by atoms with E-state index in [1.807, 2.05) is 51.1 Å². The van der Waals surface area contributed by atoms with Crippen LogP contribution in [0.15, 0.2) is 30.3 Å². The van der Waals surface area contributed by atoms with Crippen LogP contribution in [-0.2, 0) is 9.53 Å². The van der Waals surface area contributed by atoms with Crippen LogP contribution in [0.1, 0.15) is 27.2 Å². The molecule has 1 atom stereocenters. The Bertz CT molecular complexity index is 508. The maximum absolute atomic E-state index is 11.9. The molecule has 0 aromatic heterocycles. The fourth-order valence-corrected chi connectivity index (χ4v) is 2.10. The first-order chi connectivity index (χ1) is 9.88. The summed E-state index contributed by atoms with van der Waals surface area (Å²) in [5.74, 6) is 0.00624. The predicted octanol–water partition coefficient (Wildman–Crippen LogP) is 2.56. The maximum Gasteiger partial charge on any atom is 0.414 e. The molecule has 1 aromatic rings. The van der Waals surface area contributed by atoms with E-state index in [9.17, 15) is 9.59 Å². The molecule has 5 heteroatoms. The minimum absolute atomic E-state index is 0.00624. The summed E-state index contributed by atoms with van der Waals surface area (Å²) >= 11 is 0. The predicted molar refractivity (Wildman–Crippen MR) is 81.1 cm³/mol. The summed E-state index contributed by atoms with van der Waals surface area (Å²) < 4.78 is 5.33. The van der Waals surface area contributed by atoms with E-state index in [1.165, 1.54) is 0 Å². The molecule has 114 valence electrons. The molecule has 21 heavy (non-hydrogen) atoms. The normalized spacial score (nSPS) is 18.5. The van der Waals surface area contributed by atoms with Gasteiger partial charge in [0.25, 0.3) is 0 Å². The van der Waals surface area contributed by atoms with Gasteiger partial charge in [-0.15, -0.1) is 0 Å². The summed E-state index contributed by atoms with van der Waals surface area (Å²) in [5.41, 5.74) is 0.436. The number of cyclic esters (lactones) is 1. The Morgan fingerprint density at radius 2 is 2.00 bits per heavy atom. The van der Waals surface area contributed by atoms with E-state index in [4.69, 9.17) is 4.74 Å². The molecular weight excluding hydrogens is 268 g/mol. The first-order valence-corrected chi connectivity index (χ1v) is 7.19. The standard InChI is InChI=1S/C16H22N2O3/c1-16(2,3)14(19)17-10-9-13-11-18(15(20)21-13)12-7-5-4-6-8-12/h4-8,13H,9-11H2,1-3H3,(H,17,19). The highest BCUT2D eigenvalue weighted by Crippen LogP contribution is 2.22. The van der Waals surface area contributed by atoms with Crippen molar-refractivity contribution in [2.24, 2.45) is 5.41 Å². The zero-order valence-corrected chi connectivity index (χ0v) is 12.8. The first-order valence-electron chi connectivity index (χ1n) is 7.19. The molecular formula is C16H22N2O3.